The van der Waals surface area contributed by atoms with Crippen LogP contribution in [-0.2, 0) is 0 Å². The lowest BCUT2D eigenvalue weighted by Crippen LogP contribution is -2.10. The number of benzene rings is 2. The molecule has 0 atom stereocenters. The first kappa shape index (κ1) is 17.4. The molecule has 2 aromatic rings. The van der Waals surface area contributed by atoms with Gasteiger partial charge < -0.3 is 5.73 Å². The summed E-state index contributed by atoms with van der Waals surface area (Å²) in [5.41, 5.74) is 9.62. The summed E-state index contributed by atoms with van der Waals surface area (Å²) in [6, 6.07) is 13.5. The molecule has 0 saturated heterocycles. The van der Waals surface area contributed by atoms with E-state index in [2.05, 4.69) is 36.7 Å². The average molecular weight is 398 g/mol. The average Bonchev–Trinajstić information content (AvgIpc) is 2.43. The highest BCUT2D eigenvalue weighted by Crippen LogP contribution is 2.29. The zero-order valence-electron chi connectivity index (χ0n) is 12.7. The van der Waals surface area contributed by atoms with Gasteiger partial charge in [-0.05, 0) is 63.1 Å². The first-order valence-corrected chi connectivity index (χ1v) is 8.78. The van der Waals surface area contributed by atoms with Gasteiger partial charge in [0.1, 0.15) is 0 Å². The molecule has 0 radical (unpaired) electrons. The van der Waals surface area contributed by atoms with Gasteiger partial charge >= 0.3 is 0 Å². The molecule has 0 fully saturated rings. The van der Waals surface area contributed by atoms with Gasteiger partial charge in [0.25, 0.3) is 0 Å². The zero-order chi connectivity index (χ0) is 16.3. The van der Waals surface area contributed by atoms with E-state index in [1.165, 1.54) is 11.9 Å². The summed E-state index contributed by atoms with van der Waals surface area (Å²) in [4.78, 5) is 0. The standard InChI is InChI=1S/C17H18BrClN2S/c1-17(2,3)22-21-16(11-4-7-13(19)8-5-11)14-10-12(18)6-9-15(14)20/h4-10H,20H2,1-3H3. The van der Waals surface area contributed by atoms with E-state index in [1.54, 1.807) is 0 Å². The van der Waals surface area contributed by atoms with E-state index >= 15 is 0 Å². The van der Waals surface area contributed by atoms with Gasteiger partial charge in [0.05, 0.1) is 5.71 Å². The molecular weight excluding hydrogens is 380 g/mol. The van der Waals surface area contributed by atoms with Crippen molar-refractivity contribution >= 4 is 50.9 Å². The number of nitrogens with zero attached hydrogens (tertiary/aromatic N) is 1. The number of nitrogen functional groups attached to an aromatic ring is 1. The fraction of sp³-hybridized carbons (Fsp3) is 0.235. The summed E-state index contributed by atoms with van der Waals surface area (Å²) in [5, 5.41) is 0.703. The maximum absolute atomic E-state index is 6.16. The highest BCUT2D eigenvalue weighted by atomic mass is 79.9. The summed E-state index contributed by atoms with van der Waals surface area (Å²) in [6.07, 6.45) is 0. The van der Waals surface area contributed by atoms with Crippen molar-refractivity contribution in [2.45, 2.75) is 25.5 Å². The molecule has 22 heavy (non-hydrogen) atoms. The predicted octanol–water partition coefficient (Wildman–Crippen LogP) is 5.97. The lowest BCUT2D eigenvalue weighted by atomic mass is 10.0. The Kier molecular flexibility index (Phi) is 5.59. The molecule has 0 spiro atoms. The van der Waals surface area contributed by atoms with Crippen molar-refractivity contribution in [1.29, 1.82) is 0 Å². The van der Waals surface area contributed by atoms with Crippen LogP contribution >= 0.6 is 39.5 Å². The Bertz CT molecular complexity index is 691. The summed E-state index contributed by atoms with van der Waals surface area (Å²) in [5.74, 6) is 0. The van der Waals surface area contributed by atoms with E-state index in [-0.39, 0.29) is 4.75 Å². The Morgan fingerprint density at radius 1 is 1.14 bits per heavy atom. The minimum Gasteiger partial charge on any atom is -0.398 e. The molecule has 2 N–H and O–H groups in total. The molecule has 0 amide bonds. The third-order valence-electron chi connectivity index (χ3n) is 2.80. The molecular formula is C17H18BrClN2S. The van der Waals surface area contributed by atoms with Crippen LogP contribution in [0.3, 0.4) is 0 Å². The summed E-state index contributed by atoms with van der Waals surface area (Å²) >= 11 is 11.0. The number of halogens is 2. The normalized spacial score (nSPS) is 12.5. The second-order valence-electron chi connectivity index (χ2n) is 5.88. The number of hydrogen-bond acceptors (Lipinski definition) is 3. The number of rotatable bonds is 3. The molecule has 0 aromatic heterocycles. The van der Waals surface area contributed by atoms with Gasteiger partial charge in [-0.2, -0.15) is 0 Å². The first-order valence-electron chi connectivity index (χ1n) is 6.84. The molecule has 0 unspecified atom stereocenters. The van der Waals surface area contributed by atoms with Crippen LogP contribution in [-0.4, -0.2) is 10.5 Å². The fourth-order valence-electron chi connectivity index (χ4n) is 1.78. The minimum atomic E-state index is 0.0262. The van der Waals surface area contributed by atoms with Gasteiger partial charge in [0.2, 0.25) is 0 Å². The Hall–Kier alpha value is -0.970. The third kappa shape index (κ3) is 4.77. The lowest BCUT2D eigenvalue weighted by Gasteiger charge is -2.16. The Morgan fingerprint density at radius 2 is 1.77 bits per heavy atom. The van der Waals surface area contributed by atoms with Crippen molar-refractivity contribution in [1.82, 2.24) is 0 Å². The Balaban J connectivity index is 2.54. The van der Waals surface area contributed by atoms with E-state index in [4.69, 9.17) is 21.7 Å². The predicted molar refractivity (Wildman–Crippen MR) is 103 cm³/mol. The molecule has 0 saturated carbocycles. The van der Waals surface area contributed by atoms with E-state index < -0.39 is 0 Å². The topological polar surface area (TPSA) is 38.4 Å². The second kappa shape index (κ2) is 7.07. The van der Waals surface area contributed by atoms with E-state index in [9.17, 15) is 0 Å². The fourth-order valence-corrected chi connectivity index (χ4v) is 2.84. The molecule has 2 aromatic carbocycles. The van der Waals surface area contributed by atoms with Crippen molar-refractivity contribution in [3.63, 3.8) is 0 Å². The summed E-state index contributed by atoms with van der Waals surface area (Å²) < 4.78 is 5.75. The molecule has 0 aliphatic rings. The van der Waals surface area contributed by atoms with Crippen molar-refractivity contribution in [2.24, 2.45) is 4.40 Å². The molecule has 0 aliphatic heterocycles. The number of nitrogens with two attached hydrogens (primary N) is 1. The van der Waals surface area contributed by atoms with Crippen molar-refractivity contribution < 1.29 is 0 Å². The number of hydrogen-bond donors (Lipinski definition) is 1. The summed E-state index contributed by atoms with van der Waals surface area (Å²) in [7, 11) is 0. The van der Waals surface area contributed by atoms with Gasteiger partial charge in [-0.15, -0.1) is 0 Å². The molecule has 0 aliphatic carbocycles. The highest BCUT2D eigenvalue weighted by Gasteiger charge is 2.15. The highest BCUT2D eigenvalue weighted by molar-refractivity contribution is 9.10. The maximum Gasteiger partial charge on any atom is 0.0878 e. The van der Waals surface area contributed by atoms with Crippen LogP contribution in [0.15, 0.2) is 51.3 Å². The second-order valence-corrected chi connectivity index (χ2v) is 8.82. The Labute approximate surface area is 149 Å². The van der Waals surface area contributed by atoms with Gasteiger partial charge in [0.15, 0.2) is 0 Å². The third-order valence-corrected chi connectivity index (χ3v) is 4.37. The molecule has 2 rings (SSSR count). The van der Waals surface area contributed by atoms with Gasteiger partial charge in [-0.3, -0.25) is 0 Å². The molecule has 0 bridgehead atoms. The van der Waals surface area contributed by atoms with Crippen molar-refractivity contribution in [3.05, 3.63) is 63.1 Å². The first-order chi connectivity index (χ1) is 10.3. The van der Waals surface area contributed by atoms with E-state index in [0.717, 1.165) is 21.3 Å². The van der Waals surface area contributed by atoms with Gasteiger partial charge in [0, 0.05) is 31.1 Å². The minimum absolute atomic E-state index is 0.0262. The molecule has 5 heteroatoms. The lowest BCUT2D eigenvalue weighted by molar-refractivity contribution is 0.804. The molecule has 116 valence electrons. The quantitative estimate of drug-likeness (QED) is 0.393. The molecule has 0 heterocycles. The van der Waals surface area contributed by atoms with Crippen LogP contribution < -0.4 is 5.73 Å². The number of anilines is 1. The van der Waals surface area contributed by atoms with Crippen LogP contribution in [0, 0.1) is 0 Å². The van der Waals surface area contributed by atoms with Gasteiger partial charge in [-0.1, -0.05) is 39.7 Å². The van der Waals surface area contributed by atoms with Crippen LogP contribution in [0.1, 0.15) is 31.9 Å². The van der Waals surface area contributed by atoms with Crippen LogP contribution in [0.4, 0.5) is 5.69 Å². The van der Waals surface area contributed by atoms with E-state index in [0.29, 0.717) is 10.7 Å². The monoisotopic (exact) mass is 396 g/mol. The van der Waals surface area contributed by atoms with E-state index in [1.807, 2.05) is 42.5 Å². The summed E-state index contributed by atoms with van der Waals surface area (Å²) in [6.45, 7) is 6.39. The van der Waals surface area contributed by atoms with Crippen molar-refractivity contribution in [2.75, 3.05) is 5.73 Å². The van der Waals surface area contributed by atoms with Crippen LogP contribution in [0.5, 0.6) is 0 Å². The maximum atomic E-state index is 6.16. The van der Waals surface area contributed by atoms with Crippen molar-refractivity contribution in [3.8, 4) is 0 Å². The van der Waals surface area contributed by atoms with Gasteiger partial charge in [-0.25, -0.2) is 4.40 Å². The SMILES string of the molecule is CC(C)(C)SN=C(c1ccc(Cl)cc1)c1cc(Br)ccc1N. The van der Waals surface area contributed by atoms with Crippen LogP contribution in [0.2, 0.25) is 5.02 Å². The largest absolute Gasteiger partial charge is 0.398 e. The zero-order valence-corrected chi connectivity index (χ0v) is 15.9. The molecule has 2 nitrogen and oxygen atoms in total. The Morgan fingerprint density at radius 3 is 2.36 bits per heavy atom. The smallest absolute Gasteiger partial charge is 0.0878 e. The van der Waals surface area contributed by atoms with Crippen LogP contribution in [0.25, 0.3) is 0 Å².